The largest absolute Gasteiger partial charge is 0.366 e. The minimum absolute atomic E-state index is 0.292. The van der Waals surface area contributed by atoms with Crippen LogP contribution >= 0.6 is 0 Å². The molecule has 0 saturated heterocycles. The van der Waals surface area contributed by atoms with Gasteiger partial charge in [-0.3, -0.25) is 0 Å². The normalized spacial score (nSPS) is 13.1. The highest BCUT2D eigenvalue weighted by atomic mass is 16.2. The Morgan fingerprint density at radius 3 is 3.00 bits per heavy atom. The molecule has 1 unspecified atom stereocenters. The van der Waals surface area contributed by atoms with Gasteiger partial charge >= 0.3 is 5.69 Å². The second kappa shape index (κ2) is 5.18. The van der Waals surface area contributed by atoms with Gasteiger partial charge < -0.3 is 10.2 Å². The zero-order chi connectivity index (χ0) is 13.1. The molecule has 0 spiro atoms. The van der Waals surface area contributed by atoms with Crippen molar-refractivity contribution in [2.24, 2.45) is 0 Å². The number of hydrogen-bond donors (Lipinski definition) is 2. The van der Waals surface area contributed by atoms with Crippen molar-refractivity contribution >= 4 is 11.5 Å². The smallest absolute Gasteiger partial charge is 0.364 e. The molecule has 0 aliphatic heterocycles. The Bertz CT molecular complexity index is 572. The Morgan fingerprint density at radius 2 is 2.28 bits per heavy atom. The molecule has 2 N–H and O–H groups in total. The predicted molar refractivity (Wildman–Crippen MR) is 69.9 cm³/mol. The van der Waals surface area contributed by atoms with Crippen molar-refractivity contribution in [3.05, 3.63) is 22.6 Å². The molecule has 2 heterocycles. The zero-order valence-electron chi connectivity index (χ0n) is 10.8. The van der Waals surface area contributed by atoms with E-state index in [4.69, 9.17) is 0 Å². The standard InChI is InChI=1S/C11H18N6O/c1-8(6-7-16(2)3)12-9-4-5-10-13-14-11(18)17(10)15-9/h4-5,8H,6-7H2,1-3H3,(H,12,15)(H,14,18). The Labute approximate surface area is 105 Å². The Balaban J connectivity index is 2.07. The lowest BCUT2D eigenvalue weighted by atomic mass is 10.2. The minimum Gasteiger partial charge on any atom is -0.366 e. The zero-order valence-corrected chi connectivity index (χ0v) is 10.8. The van der Waals surface area contributed by atoms with Gasteiger partial charge in [-0.1, -0.05) is 0 Å². The summed E-state index contributed by atoms with van der Waals surface area (Å²) >= 11 is 0. The van der Waals surface area contributed by atoms with E-state index in [9.17, 15) is 4.79 Å². The van der Waals surface area contributed by atoms with Crippen LogP contribution in [0.2, 0.25) is 0 Å². The highest BCUT2D eigenvalue weighted by Crippen LogP contribution is 2.06. The maximum Gasteiger partial charge on any atom is 0.364 e. The van der Waals surface area contributed by atoms with Crippen LogP contribution < -0.4 is 11.0 Å². The van der Waals surface area contributed by atoms with Gasteiger partial charge in [-0.25, -0.2) is 9.89 Å². The van der Waals surface area contributed by atoms with Gasteiger partial charge in [0.05, 0.1) is 0 Å². The molecular weight excluding hydrogens is 232 g/mol. The lowest BCUT2D eigenvalue weighted by molar-refractivity contribution is 0.390. The van der Waals surface area contributed by atoms with Gasteiger partial charge in [0.1, 0.15) is 5.82 Å². The first-order valence-corrected chi connectivity index (χ1v) is 5.92. The van der Waals surface area contributed by atoms with E-state index < -0.39 is 0 Å². The van der Waals surface area contributed by atoms with E-state index in [0.717, 1.165) is 13.0 Å². The molecule has 7 heteroatoms. The number of rotatable bonds is 5. The van der Waals surface area contributed by atoms with Gasteiger partial charge in [0.25, 0.3) is 0 Å². The first-order chi connectivity index (χ1) is 8.56. The van der Waals surface area contributed by atoms with E-state index in [1.165, 1.54) is 4.52 Å². The minimum atomic E-state index is -0.324. The monoisotopic (exact) mass is 250 g/mol. The quantitative estimate of drug-likeness (QED) is 0.791. The van der Waals surface area contributed by atoms with E-state index in [2.05, 4.69) is 32.4 Å². The lowest BCUT2D eigenvalue weighted by Gasteiger charge is -2.16. The molecule has 0 aliphatic carbocycles. The van der Waals surface area contributed by atoms with Crippen molar-refractivity contribution < 1.29 is 0 Å². The molecule has 18 heavy (non-hydrogen) atoms. The summed E-state index contributed by atoms with van der Waals surface area (Å²) in [6, 6.07) is 3.87. The predicted octanol–water partition coefficient (Wildman–Crippen LogP) is 0.170. The van der Waals surface area contributed by atoms with Gasteiger partial charge in [-0.2, -0.15) is 9.61 Å². The maximum absolute atomic E-state index is 11.4. The van der Waals surface area contributed by atoms with Crippen molar-refractivity contribution in [1.29, 1.82) is 0 Å². The molecule has 7 nitrogen and oxygen atoms in total. The van der Waals surface area contributed by atoms with Crippen LogP contribution in [0.3, 0.4) is 0 Å². The molecule has 0 saturated carbocycles. The number of aromatic nitrogens is 4. The Morgan fingerprint density at radius 1 is 1.50 bits per heavy atom. The molecule has 0 fully saturated rings. The number of nitrogens with one attached hydrogen (secondary N) is 2. The van der Waals surface area contributed by atoms with Gasteiger partial charge in [0.2, 0.25) is 0 Å². The van der Waals surface area contributed by atoms with Crippen molar-refractivity contribution in [3.8, 4) is 0 Å². The third-order valence-corrected chi connectivity index (χ3v) is 2.68. The fraction of sp³-hybridized carbons (Fsp3) is 0.545. The van der Waals surface area contributed by atoms with E-state index in [1.54, 1.807) is 6.07 Å². The van der Waals surface area contributed by atoms with Crippen LogP contribution in [0.25, 0.3) is 5.65 Å². The first-order valence-electron chi connectivity index (χ1n) is 5.92. The molecule has 2 aromatic heterocycles. The number of hydrogen-bond acceptors (Lipinski definition) is 5. The summed E-state index contributed by atoms with van der Waals surface area (Å²) in [6.07, 6.45) is 1.01. The molecule has 0 radical (unpaired) electrons. The molecule has 0 amide bonds. The summed E-state index contributed by atoms with van der Waals surface area (Å²) < 4.78 is 1.25. The molecular formula is C11H18N6O. The van der Waals surface area contributed by atoms with Gasteiger partial charge in [0, 0.05) is 6.04 Å². The summed E-state index contributed by atoms with van der Waals surface area (Å²) in [6.45, 7) is 3.09. The topological polar surface area (TPSA) is 78.3 Å². The van der Waals surface area contributed by atoms with E-state index in [0.29, 0.717) is 17.5 Å². The average molecular weight is 250 g/mol. The van der Waals surface area contributed by atoms with Crippen LogP contribution in [0, 0.1) is 0 Å². The summed E-state index contributed by atoms with van der Waals surface area (Å²) in [4.78, 5) is 13.5. The Hall–Kier alpha value is -1.89. The number of H-pyrrole nitrogens is 1. The van der Waals surface area contributed by atoms with Crippen LogP contribution in [0.5, 0.6) is 0 Å². The van der Waals surface area contributed by atoms with E-state index >= 15 is 0 Å². The van der Waals surface area contributed by atoms with Crippen LogP contribution in [0.4, 0.5) is 5.82 Å². The van der Waals surface area contributed by atoms with Gasteiger partial charge in [-0.05, 0) is 46.1 Å². The second-order valence-corrected chi connectivity index (χ2v) is 4.65. The molecule has 2 aromatic rings. The third-order valence-electron chi connectivity index (χ3n) is 2.68. The van der Waals surface area contributed by atoms with Gasteiger partial charge in [-0.15, -0.1) is 5.10 Å². The second-order valence-electron chi connectivity index (χ2n) is 4.65. The van der Waals surface area contributed by atoms with Crippen molar-refractivity contribution in [1.82, 2.24) is 24.7 Å². The summed E-state index contributed by atoms with van der Waals surface area (Å²) in [7, 11) is 4.09. The van der Waals surface area contributed by atoms with Crippen molar-refractivity contribution in [3.63, 3.8) is 0 Å². The Kier molecular flexibility index (Phi) is 3.61. The van der Waals surface area contributed by atoms with Crippen LogP contribution in [0.15, 0.2) is 16.9 Å². The van der Waals surface area contributed by atoms with Crippen LogP contribution in [0.1, 0.15) is 13.3 Å². The number of fused-ring (bicyclic) bond motifs is 1. The van der Waals surface area contributed by atoms with Crippen molar-refractivity contribution in [2.45, 2.75) is 19.4 Å². The third kappa shape index (κ3) is 2.86. The fourth-order valence-corrected chi connectivity index (χ4v) is 1.66. The van der Waals surface area contributed by atoms with E-state index in [1.807, 2.05) is 20.2 Å². The summed E-state index contributed by atoms with van der Waals surface area (Å²) in [5.74, 6) is 0.678. The summed E-state index contributed by atoms with van der Waals surface area (Å²) in [5, 5.41) is 13.6. The molecule has 0 bridgehead atoms. The molecule has 2 rings (SSSR count). The lowest BCUT2D eigenvalue weighted by Crippen LogP contribution is -2.24. The average Bonchev–Trinajstić information content (AvgIpc) is 2.69. The summed E-state index contributed by atoms with van der Waals surface area (Å²) in [5.41, 5.74) is 0.195. The first kappa shape index (κ1) is 12.6. The molecule has 98 valence electrons. The van der Waals surface area contributed by atoms with Crippen LogP contribution in [-0.2, 0) is 0 Å². The molecule has 0 aliphatic rings. The fourth-order valence-electron chi connectivity index (χ4n) is 1.66. The highest BCUT2D eigenvalue weighted by molar-refractivity contribution is 5.43. The molecule has 0 aromatic carbocycles. The number of anilines is 1. The van der Waals surface area contributed by atoms with Gasteiger partial charge in [0.15, 0.2) is 5.65 Å². The van der Waals surface area contributed by atoms with Crippen LogP contribution in [-0.4, -0.2) is 51.4 Å². The SMILES string of the molecule is CC(CCN(C)C)Nc1ccc2n[nH]c(=O)n2n1. The molecule has 1 atom stereocenters. The number of nitrogens with zero attached hydrogens (tertiary/aromatic N) is 4. The van der Waals surface area contributed by atoms with E-state index in [-0.39, 0.29) is 5.69 Å². The van der Waals surface area contributed by atoms with Crippen molar-refractivity contribution in [2.75, 3.05) is 26.0 Å². The maximum atomic E-state index is 11.4. The number of aromatic amines is 1. The highest BCUT2D eigenvalue weighted by Gasteiger charge is 2.06.